The summed E-state index contributed by atoms with van der Waals surface area (Å²) in [6, 6.07) is 16.5. The zero-order valence-electron chi connectivity index (χ0n) is 20.3. The molecule has 172 valence electrons. The molecule has 0 radical (unpaired) electrons. The maximum absolute atomic E-state index is 11.3. The molecule has 3 aromatic rings. The van der Waals surface area contributed by atoms with E-state index in [1.807, 2.05) is 6.07 Å². The number of fused-ring (bicyclic) bond motifs is 1. The van der Waals surface area contributed by atoms with Crippen molar-refractivity contribution in [2.24, 2.45) is 0 Å². The molecule has 1 aliphatic rings. The van der Waals surface area contributed by atoms with E-state index in [1.165, 1.54) is 11.1 Å². The minimum atomic E-state index is -0.397. The Morgan fingerprint density at radius 3 is 2.48 bits per heavy atom. The molecule has 4 heteroatoms. The monoisotopic (exact) mass is 460 g/mol. The lowest BCUT2D eigenvalue weighted by Gasteiger charge is -2.32. The molecule has 1 aliphatic carbocycles. The molecule has 0 saturated heterocycles. The summed E-state index contributed by atoms with van der Waals surface area (Å²) >= 11 is 0. The number of allylic oxidation sites excluding steroid dienone is 1. The minimum absolute atomic E-state index is 0.135. The fraction of sp³-hybridized carbons (Fsp3) is 0.310. The predicted molar refractivity (Wildman–Crippen MR) is 141 cm³/mol. The van der Waals surface area contributed by atoms with Crippen LogP contribution in [0.15, 0.2) is 54.6 Å². The molecule has 3 nitrogen and oxygen atoms in total. The van der Waals surface area contributed by atoms with Crippen molar-refractivity contribution in [1.82, 2.24) is 0 Å². The Labute approximate surface area is 199 Å². The molecule has 4 rings (SSSR count). The third-order valence-electron chi connectivity index (χ3n) is 6.48. The summed E-state index contributed by atoms with van der Waals surface area (Å²) in [5.74, 6) is 0.990. The Kier molecular flexibility index (Phi) is 6.16. The first-order chi connectivity index (χ1) is 15.6. The van der Waals surface area contributed by atoms with Crippen molar-refractivity contribution in [2.45, 2.75) is 45.4 Å². The van der Waals surface area contributed by atoms with E-state index in [2.05, 4.69) is 92.4 Å². The average molecular weight is 461 g/mol. The van der Waals surface area contributed by atoms with Crippen molar-refractivity contribution in [3.05, 3.63) is 82.4 Å². The molecule has 0 heterocycles. The van der Waals surface area contributed by atoms with E-state index in [0.717, 1.165) is 38.9 Å². The van der Waals surface area contributed by atoms with Crippen LogP contribution in [0.1, 0.15) is 55.5 Å². The van der Waals surface area contributed by atoms with Gasteiger partial charge in [0.1, 0.15) is 11.5 Å². The molecule has 0 spiro atoms. The van der Waals surface area contributed by atoms with E-state index in [1.54, 1.807) is 13.2 Å². The third-order valence-corrected chi connectivity index (χ3v) is 6.96. The second-order valence-corrected chi connectivity index (χ2v) is 10.7. The Bertz CT molecular complexity index is 1240. The van der Waals surface area contributed by atoms with Crippen LogP contribution in [-0.2, 0) is 15.6 Å². The van der Waals surface area contributed by atoms with E-state index >= 15 is 0 Å². The fourth-order valence-electron chi connectivity index (χ4n) is 4.91. The number of rotatable bonds is 5. The number of hydrogen-bond donors (Lipinski definition) is 1. The van der Waals surface area contributed by atoms with Crippen LogP contribution >= 0.6 is 9.24 Å². The lowest BCUT2D eigenvalue weighted by Crippen LogP contribution is -2.26. The highest BCUT2D eigenvalue weighted by Crippen LogP contribution is 2.50. The number of aromatic hydroxyl groups is 1. The number of aryl methyl sites for hydroxylation is 1. The van der Waals surface area contributed by atoms with E-state index < -0.39 is 5.41 Å². The van der Waals surface area contributed by atoms with Gasteiger partial charge in [-0.25, -0.2) is 0 Å². The van der Waals surface area contributed by atoms with Gasteiger partial charge in [-0.05, 0) is 59.0 Å². The van der Waals surface area contributed by atoms with Gasteiger partial charge in [0, 0.05) is 29.2 Å². The SMILES string of the molecule is COCOc1c(-c2c(O)ccc(P)c2C2(C)C=Cc3ccccc32)cc(C)cc1C(C)(C)C. The van der Waals surface area contributed by atoms with Crippen LogP contribution in [0.2, 0.25) is 0 Å². The molecule has 1 N–H and O–H groups in total. The maximum atomic E-state index is 11.3. The van der Waals surface area contributed by atoms with Crippen molar-refractivity contribution in [1.29, 1.82) is 0 Å². The summed E-state index contributed by atoms with van der Waals surface area (Å²) in [6.45, 7) is 11.0. The standard InChI is InChI=1S/C29H33O3P/c1-18-15-20(27(32-17-31-6)22(16-18)28(2,3)4)25-23(30)11-12-24(33)26(25)29(5)14-13-19-9-7-8-10-21(19)29/h7-16,30H,17,33H2,1-6H3. The largest absolute Gasteiger partial charge is 0.507 e. The Morgan fingerprint density at radius 1 is 1.06 bits per heavy atom. The molecule has 33 heavy (non-hydrogen) atoms. The van der Waals surface area contributed by atoms with Gasteiger partial charge in [-0.3, -0.25) is 0 Å². The number of hydrogen-bond acceptors (Lipinski definition) is 3. The lowest BCUT2D eigenvalue weighted by atomic mass is 9.73. The molecular formula is C29H33O3P. The molecule has 0 saturated carbocycles. The van der Waals surface area contributed by atoms with Crippen LogP contribution in [0, 0.1) is 6.92 Å². The molecule has 0 bridgehead atoms. The van der Waals surface area contributed by atoms with Gasteiger partial charge in [-0.1, -0.05) is 69.3 Å². The second-order valence-electron chi connectivity index (χ2n) is 10.0. The van der Waals surface area contributed by atoms with Crippen LogP contribution in [0.5, 0.6) is 11.5 Å². The number of phenols is 1. The van der Waals surface area contributed by atoms with Crippen molar-refractivity contribution in [2.75, 3.05) is 13.9 Å². The molecule has 2 atom stereocenters. The quantitative estimate of drug-likeness (QED) is 0.350. The molecule has 0 fully saturated rings. The van der Waals surface area contributed by atoms with Gasteiger partial charge < -0.3 is 14.6 Å². The summed E-state index contributed by atoms with van der Waals surface area (Å²) in [4.78, 5) is 0. The summed E-state index contributed by atoms with van der Waals surface area (Å²) < 4.78 is 11.5. The maximum Gasteiger partial charge on any atom is 0.188 e. The molecule has 2 unspecified atom stereocenters. The minimum Gasteiger partial charge on any atom is -0.507 e. The highest BCUT2D eigenvalue weighted by molar-refractivity contribution is 7.27. The van der Waals surface area contributed by atoms with E-state index in [9.17, 15) is 5.11 Å². The number of phenolic OH excluding ortho intramolecular Hbond substituents is 1. The molecule has 0 aromatic heterocycles. The zero-order valence-corrected chi connectivity index (χ0v) is 21.5. The van der Waals surface area contributed by atoms with E-state index in [0.29, 0.717) is 0 Å². The first-order valence-corrected chi connectivity index (χ1v) is 11.8. The summed E-state index contributed by atoms with van der Waals surface area (Å²) in [6.07, 6.45) is 4.41. The third kappa shape index (κ3) is 4.09. The predicted octanol–water partition coefficient (Wildman–Crippen LogP) is 6.48. The van der Waals surface area contributed by atoms with Crippen molar-refractivity contribution >= 4 is 20.6 Å². The number of ether oxygens (including phenoxy) is 2. The topological polar surface area (TPSA) is 38.7 Å². The Balaban J connectivity index is 2.08. The van der Waals surface area contributed by atoms with Gasteiger partial charge in [-0.15, -0.1) is 9.24 Å². The second kappa shape index (κ2) is 8.63. The van der Waals surface area contributed by atoms with Crippen LogP contribution in [0.3, 0.4) is 0 Å². The van der Waals surface area contributed by atoms with Gasteiger partial charge in [-0.2, -0.15) is 0 Å². The zero-order chi connectivity index (χ0) is 24.0. The van der Waals surface area contributed by atoms with Crippen LogP contribution in [-0.4, -0.2) is 19.0 Å². The fourth-order valence-corrected chi connectivity index (χ4v) is 5.45. The Morgan fingerprint density at radius 2 is 1.79 bits per heavy atom. The van der Waals surface area contributed by atoms with Crippen LogP contribution < -0.4 is 10.0 Å². The lowest BCUT2D eigenvalue weighted by molar-refractivity contribution is 0.0502. The average Bonchev–Trinajstić information content (AvgIpc) is 3.11. The molecule has 0 aliphatic heterocycles. The van der Waals surface area contributed by atoms with Gasteiger partial charge in [0.15, 0.2) is 6.79 Å². The van der Waals surface area contributed by atoms with Crippen molar-refractivity contribution in [3.8, 4) is 22.6 Å². The smallest absolute Gasteiger partial charge is 0.188 e. The summed E-state index contributed by atoms with van der Waals surface area (Å²) in [7, 11) is 4.50. The molecule has 0 amide bonds. The van der Waals surface area contributed by atoms with E-state index in [4.69, 9.17) is 9.47 Å². The number of methoxy groups -OCH3 is 1. The Hall–Kier alpha value is -2.61. The normalized spacial score (nSPS) is 17.3. The number of benzene rings is 3. The highest BCUT2D eigenvalue weighted by Gasteiger charge is 2.37. The first kappa shape index (κ1) is 23.5. The van der Waals surface area contributed by atoms with Crippen LogP contribution in [0.4, 0.5) is 0 Å². The summed E-state index contributed by atoms with van der Waals surface area (Å²) in [5, 5.41) is 12.4. The molecular weight excluding hydrogens is 427 g/mol. The van der Waals surface area contributed by atoms with Gasteiger partial charge in [0.05, 0.1) is 0 Å². The first-order valence-electron chi connectivity index (χ1n) is 11.3. The van der Waals surface area contributed by atoms with Gasteiger partial charge >= 0.3 is 0 Å². The summed E-state index contributed by atoms with van der Waals surface area (Å²) in [5.41, 5.74) is 6.82. The van der Waals surface area contributed by atoms with Gasteiger partial charge in [0.25, 0.3) is 0 Å². The molecule has 3 aromatic carbocycles. The van der Waals surface area contributed by atoms with E-state index in [-0.39, 0.29) is 18.0 Å². The van der Waals surface area contributed by atoms with Crippen molar-refractivity contribution < 1.29 is 14.6 Å². The van der Waals surface area contributed by atoms with Crippen LogP contribution in [0.25, 0.3) is 17.2 Å². The van der Waals surface area contributed by atoms with Gasteiger partial charge in [0.2, 0.25) is 0 Å². The highest BCUT2D eigenvalue weighted by atomic mass is 31.0. The van der Waals surface area contributed by atoms with Crippen molar-refractivity contribution in [3.63, 3.8) is 0 Å².